The van der Waals surface area contributed by atoms with E-state index < -0.39 is 0 Å². The van der Waals surface area contributed by atoms with Gasteiger partial charge in [-0.25, -0.2) is 0 Å². The Labute approximate surface area is 99.9 Å². The summed E-state index contributed by atoms with van der Waals surface area (Å²) in [7, 11) is 0. The Balaban J connectivity index is 1.89. The van der Waals surface area contributed by atoms with Gasteiger partial charge in [0.15, 0.2) is 0 Å². The Morgan fingerprint density at radius 3 is 2.38 bits per heavy atom. The molecule has 2 aliphatic carbocycles. The molecule has 90 valence electrons. The maximum Gasteiger partial charge on any atom is 0.0158 e. The molecule has 0 aromatic heterocycles. The molecule has 1 saturated carbocycles. The van der Waals surface area contributed by atoms with Crippen LogP contribution in [0.1, 0.15) is 34.1 Å². The SMILES string of the molecule is CC(C)C1C2C3C=CC(C3)C2CN1C(C)C. The van der Waals surface area contributed by atoms with Crippen molar-refractivity contribution in [2.75, 3.05) is 6.54 Å². The van der Waals surface area contributed by atoms with Crippen LogP contribution in [0, 0.1) is 29.6 Å². The lowest BCUT2D eigenvalue weighted by molar-refractivity contribution is 0.128. The summed E-state index contributed by atoms with van der Waals surface area (Å²) in [4.78, 5) is 2.78. The van der Waals surface area contributed by atoms with E-state index in [9.17, 15) is 0 Å². The molecule has 0 N–H and O–H groups in total. The van der Waals surface area contributed by atoms with E-state index in [0.717, 1.165) is 41.7 Å². The van der Waals surface area contributed by atoms with Crippen LogP contribution in [0.4, 0.5) is 0 Å². The molecular weight excluding hydrogens is 194 g/mol. The molecule has 3 aliphatic rings. The fourth-order valence-electron chi connectivity index (χ4n) is 4.70. The van der Waals surface area contributed by atoms with Crippen molar-refractivity contribution >= 4 is 0 Å². The van der Waals surface area contributed by atoms with Crippen LogP contribution < -0.4 is 0 Å². The second-order valence-corrected chi connectivity index (χ2v) is 6.71. The molecule has 3 rings (SSSR count). The van der Waals surface area contributed by atoms with Gasteiger partial charge in [0.25, 0.3) is 0 Å². The predicted octanol–water partition coefficient (Wildman–Crippen LogP) is 3.17. The topological polar surface area (TPSA) is 3.24 Å². The molecule has 5 unspecified atom stereocenters. The summed E-state index contributed by atoms with van der Waals surface area (Å²) in [6.45, 7) is 10.9. The molecule has 1 heterocycles. The van der Waals surface area contributed by atoms with Crippen LogP contribution in [0.25, 0.3) is 0 Å². The van der Waals surface area contributed by atoms with E-state index in [2.05, 4.69) is 44.7 Å². The maximum atomic E-state index is 2.78. The third-order valence-corrected chi connectivity index (χ3v) is 5.23. The van der Waals surface area contributed by atoms with E-state index in [0.29, 0.717) is 0 Å². The van der Waals surface area contributed by atoms with Gasteiger partial charge in [0.2, 0.25) is 0 Å². The van der Waals surface area contributed by atoms with Crippen molar-refractivity contribution in [3.63, 3.8) is 0 Å². The minimum Gasteiger partial charge on any atom is -0.297 e. The molecule has 0 amide bonds. The first-order valence-corrected chi connectivity index (χ1v) is 7.03. The first kappa shape index (κ1) is 10.8. The molecule has 1 heteroatoms. The summed E-state index contributed by atoms with van der Waals surface area (Å²) in [6.07, 6.45) is 6.49. The van der Waals surface area contributed by atoms with Crippen molar-refractivity contribution in [1.82, 2.24) is 4.90 Å². The molecule has 5 atom stereocenters. The lowest BCUT2D eigenvalue weighted by atomic mass is 9.78. The highest BCUT2D eigenvalue weighted by molar-refractivity contribution is 5.19. The number of hydrogen-bond donors (Lipinski definition) is 0. The molecule has 1 nitrogen and oxygen atoms in total. The maximum absolute atomic E-state index is 2.78. The standard InChI is InChI=1S/C15H25N/c1-9(2)15-14-12-6-5-11(7-12)13(14)8-16(15)10(3)4/h5-6,9-15H,7-8H2,1-4H3. The molecule has 2 bridgehead atoms. The van der Waals surface area contributed by atoms with E-state index in [1.54, 1.807) is 0 Å². The zero-order valence-corrected chi connectivity index (χ0v) is 11.1. The average Bonchev–Trinajstić information content (AvgIpc) is 2.87. The van der Waals surface area contributed by atoms with Crippen molar-refractivity contribution in [3.8, 4) is 0 Å². The quantitative estimate of drug-likeness (QED) is 0.645. The fourth-order valence-corrected chi connectivity index (χ4v) is 4.70. The molecule has 1 saturated heterocycles. The van der Waals surface area contributed by atoms with Crippen molar-refractivity contribution in [2.24, 2.45) is 29.6 Å². The second-order valence-electron chi connectivity index (χ2n) is 6.71. The zero-order chi connectivity index (χ0) is 11.4. The van der Waals surface area contributed by atoms with Crippen LogP contribution in [0.3, 0.4) is 0 Å². The molecule has 2 fully saturated rings. The average molecular weight is 219 g/mol. The summed E-state index contributed by atoms with van der Waals surface area (Å²) < 4.78 is 0. The van der Waals surface area contributed by atoms with Crippen LogP contribution in [0.2, 0.25) is 0 Å². The van der Waals surface area contributed by atoms with Gasteiger partial charge in [-0.15, -0.1) is 0 Å². The number of hydrogen-bond acceptors (Lipinski definition) is 1. The minimum absolute atomic E-state index is 0.720. The normalized spacial score (nSPS) is 46.2. The highest BCUT2D eigenvalue weighted by atomic mass is 15.2. The van der Waals surface area contributed by atoms with Crippen LogP contribution in [0.5, 0.6) is 0 Å². The van der Waals surface area contributed by atoms with Gasteiger partial charge in [0, 0.05) is 18.6 Å². The molecule has 0 spiro atoms. The van der Waals surface area contributed by atoms with Gasteiger partial charge in [-0.2, -0.15) is 0 Å². The molecule has 0 aromatic carbocycles. The molecular formula is C15H25N. The van der Waals surface area contributed by atoms with Gasteiger partial charge in [-0.05, 0) is 49.9 Å². The van der Waals surface area contributed by atoms with Gasteiger partial charge >= 0.3 is 0 Å². The van der Waals surface area contributed by atoms with E-state index in [1.807, 2.05) is 0 Å². The van der Waals surface area contributed by atoms with E-state index in [1.165, 1.54) is 13.0 Å². The van der Waals surface area contributed by atoms with Crippen LogP contribution in [-0.4, -0.2) is 23.5 Å². The summed E-state index contributed by atoms with van der Waals surface area (Å²) in [5, 5.41) is 0. The highest BCUT2D eigenvalue weighted by Crippen LogP contribution is 2.55. The lowest BCUT2D eigenvalue weighted by Crippen LogP contribution is -2.42. The third-order valence-electron chi connectivity index (χ3n) is 5.23. The van der Waals surface area contributed by atoms with Crippen molar-refractivity contribution in [3.05, 3.63) is 12.2 Å². The van der Waals surface area contributed by atoms with Gasteiger partial charge in [-0.1, -0.05) is 26.0 Å². The second kappa shape index (κ2) is 3.60. The number of rotatable bonds is 2. The zero-order valence-electron chi connectivity index (χ0n) is 11.1. The Kier molecular flexibility index (Phi) is 2.43. The van der Waals surface area contributed by atoms with Gasteiger partial charge in [-0.3, -0.25) is 4.90 Å². The number of allylic oxidation sites excluding steroid dienone is 2. The highest BCUT2D eigenvalue weighted by Gasteiger charge is 2.55. The van der Waals surface area contributed by atoms with E-state index >= 15 is 0 Å². The van der Waals surface area contributed by atoms with Gasteiger partial charge < -0.3 is 0 Å². The first-order chi connectivity index (χ1) is 7.59. The Morgan fingerprint density at radius 2 is 1.75 bits per heavy atom. The molecule has 16 heavy (non-hydrogen) atoms. The Hall–Kier alpha value is -0.300. The largest absolute Gasteiger partial charge is 0.297 e. The number of likely N-dealkylation sites (tertiary alicyclic amines) is 1. The van der Waals surface area contributed by atoms with Crippen LogP contribution >= 0.6 is 0 Å². The van der Waals surface area contributed by atoms with Crippen LogP contribution in [-0.2, 0) is 0 Å². The predicted molar refractivity (Wildman–Crippen MR) is 68.2 cm³/mol. The van der Waals surface area contributed by atoms with Crippen molar-refractivity contribution in [1.29, 1.82) is 0 Å². The minimum atomic E-state index is 0.720. The number of fused-ring (bicyclic) bond motifs is 5. The van der Waals surface area contributed by atoms with Crippen LogP contribution in [0.15, 0.2) is 12.2 Å². The monoisotopic (exact) mass is 219 g/mol. The Bertz CT molecular complexity index is 305. The van der Waals surface area contributed by atoms with Crippen molar-refractivity contribution < 1.29 is 0 Å². The summed E-state index contributed by atoms with van der Waals surface area (Å²) >= 11 is 0. The summed E-state index contributed by atoms with van der Waals surface area (Å²) in [5.41, 5.74) is 0. The van der Waals surface area contributed by atoms with Gasteiger partial charge in [0.05, 0.1) is 0 Å². The van der Waals surface area contributed by atoms with E-state index in [-0.39, 0.29) is 0 Å². The summed E-state index contributed by atoms with van der Waals surface area (Å²) in [5.74, 6) is 4.58. The summed E-state index contributed by atoms with van der Waals surface area (Å²) in [6, 6.07) is 1.56. The van der Waals surface area contributed by atoms with E-state index in [4.69, 9.17) is 0 Å². The third kappa shape index (κ3) is 1.33. The Morgan fingerprint density at radius 1 is 1.06 bits per heavy atom. The lowest BCUT2D eigenvalue weighted by Gasteiger charge is -2.35. The fraction of sp³-hybridized carbons (Fsp3) is 0.867. The molecule has 1 aliphatic heterocycles. The van der Waals surface area contributed by atoms with Gasteiger partial charge in [0.1, 0.15) is 0 Å². The van der Waals surface area contributed by atoms with Crippen molar-refractivity contribution in [2.45, 2.75) is 46.2 Å². The molecule has 0 radical (unpaired) electrons. The molecule has 0 aromatic rings. The smallest absolute Gasteiger partial charge is 0.0158 e. The number of nitrogens with zero attached hydrogens (tertiary/aromatic N) is 1. The first-order valence-electron chi connectivity index (χ1n) is 7.03.